The van der Waals surface area contributed by atoms with E-state index in [0.29, 0.717) is 17.8 Å². The van der Waals surface area contributed by atoms with Gasteiger partial charge in [0, 0.05) is 12.3 Å². The molecule has 0 aromatic heterocycles. The van der Waals surface area contributed by atoms with Crippen LogP contribution in [0.25, 0.3) is 0 Å². The normalized spacial score (nSPS) is 38.6. The third kappa shape index (κ3) is 1.95. The van der Waals surface area contributed by atoms with Crippen molar-refractivity contribution in [3.8, 4) is 0 Å². The molecule has 0 aromatic carbocycles. The lowest BCUT2D eigenvalue weighted by Crippen LogP contribution is -2.51. The highest BCUT2D eigenvalue weighted by Crippen LogP contribution is 2.45. The van der Waals surface area contributed by atoms with Gasteiger partial charge in [-0.25, -0.2) is 4.79 Å². The summed E-state index contributed by atoms with van der Waals surface area (Å²) in [6.45, 7) is 6.52. The third-order valence-electron chi connectivity index (χ3n) is 3.72. The molecule has 1 aliphatic heterocycles. The summed E-state index contributed by atoms with van der Waals surface area (Å²) >= 11 is 0. The van der Waals surface area contributed by atoms with Crippen molar-refractivity contribution in [3.63, 3.8) is 0 Å². The Bertz CT molecular complexity index is 308. The summed E-state index contributed by atoms with van der Waals surface area (Å²) in [6, 6.07) is 0. The van der Waals surface area contributed by atoms with Crippen molar-refractivity contribution in [3.05, 3.63) is 12.3 Å². The summed E-state index contributed by atoms with van der Waals surface area (Å²) in [5.74, 6) is 0.349. The molecule has 0 amide bonds. The Balaban J connectivity index is 2.25. The van der Waals surface area contributed by atoms with E-state index in [0.717, 1.165) is 12.8 Å². The second-order valence-corrected chi connectivity index (χ2v) is 5.39. The zero-order chi connectivity index (χ0) is 11.8. The van der Waals surface area contributed by atoms with E-state index >= 15 is 0 Å². The average Bonchev–Trinajstić information content (AvgIpc) is 2.16. The minimum atomic E-state index is -0.697. The Morgan fingerprint density at radius 3 is 2.81 bits per heavy atom. The molecule has 2 rings (SSSR count). The van der Waals surface area contributed by atoms with Gasteiger partial charge in [-0.2, -0.15) is 0 Å². The molecule has 1 fully saturated rings. The highest BCUT2D eigenvalue weighted by atomic mass is 16.7. The molecular formula is C13H20O3. The number of carbonyl (C=O) groups excluding carboxylic acids is 1. The molecule has 1 heterocycles. The van der Waals surface area contributed by atoms with Crippen LogP contribution in [0.15, 0.2) is 12.3 Å². The minimum absolute atomic E-state index is 0.272. The Hall–Kier alpha value is -0.990. The molecule has 2 aliphatic rings. The van der Waals surface area contributed by atoms with Crippen LogP contribution in [0.2, 0.25) is 0 Å². The van der Waals surface area contributed by atoms with Gasteiger partial charge < -0.3 is 9.47 Å². The van der Waals surface area contributed by atoms with Gasteiger partial charge in [0.2, 0.25) is 0 Å². The standard InChI is InChI=1S/C13H20O3/c1-9(2)11-5-4-10(3)8-13(11)15-7-6-12(14)16-13/h6-7,9-11H,4-5,8H2,1-3H3/t10-,11-,13-/m1/s1. The summed E-state index contributed by atoms with van der Waals surface area (Å²) in [5, 5.41) is 0. The molecule has 90 valence electrons. The van der Waals surface area contributed by atoms with Gasteiger partial charge in [-0.1, -0.05) is 20.8 Å². The van der Waals surface area contributed by atoms with Crippen LogP contribution in [-0.2, 0) is 14.3 Å². The largest absolute Gasteiger partial charge is 0.459 e. The quantitative estimate of drug-likeness (QED) is 0.642. The first-order valence-corrected chi connectivity index (χ1v) is 6.11. The Morgan fingerprint density at radius 2 is 2.19 bits per heavy atom. The maximum absolute atomic E-state index is 11.4. The topological polar surface area (TPSA) is 35.5 Å². The van der Waals surface area contributed by atoms with Gasteiger partial charge in [0.05, 0.1) is 12.3 Å². The van der Waals surface area contributed by atoms with Crippen molar-refractivity contribution >= 4 is 5.97 Å². The van der Waals surface area contributed by atoms with Crippen molar-refractivity contribution in [2.45, 2.75) is 45.8 Å². The lowest BCUT2D eigenvalue weighted by molar-refractivity contribution is -0.261. The lowest BCUT2D eigenvalue weighted by Gasteiger charge is -2.46. The van der Waals surface area contributed by atoms with E-state index in [-0.39, 0.29) is 5.97 Å². The molecular weight excluding hydrogens is 204 g/mol. The number of hydrogen-bond donors (Lipinski definition) is 0. The van der Waals surface area contributed by atoms with Crippen molar-refractivity contribution in [1.82, 2.24) is 0 Å². The third-order valence-corrected chi connectivity index (χ3v) is 3.72. The average molecular weight is 224 g/mol. The van der Waals surface area contributed by atoms with Gasteiger partial charge in [0.15, 0.2) is 0 Å². The minimum Gasteiger partial charge on any atom is -0.459 e. The zero-order valence-corrected chi connectivity index (χ0v) is 10.2. The monoisotopic (exact) mass is 224 g/mol. The predicted octanol–water partition coefficient (Wildman–Crippen LogP) is 2.86. The molecule has 0 unspecified atom stereocenters. The lowest BCUT2D eigenvalue weighted by atomic mass is 9.72. The van der Waals surface area contributed by atoms with Crippen LogP contribution in [0.5, 0.6) is 0 Å². The first-order valence-electron chi connectivity index (χ1n) is 6.11. The molecule has 3 nitrogen and oxygen atoms in total. The molecule has 1 spiro atoms. The van der Waals surface area contributed by atoms with Crippen LogP contribution in [0.3, 0.4) is 0 Å². The zero-order valence-electron chi connectivity index (χ0n) is 10.2. The summed E-state index contributed by atoms with van der Waals surface area (Å²) in [5.41, 5.74) is 0. The van der Waals surface area contributed by atoms with E-state index in [1.54, 1.807) is 0 Å². The summed E-state index contributed by atoms with van der Waals surface area (Å²) in [4.78, 5) is 11.4. The van der Waals surface area contributed by atoms with Gasteiger partial charge in [0.1, 0.15) is 0 Å². The van der Waals surface area contributed by atoms with Crippen molar-refractivity contribution < 1.29 is 14.3 Å². The molecule has 1 saturated carbocycles. The van der Waals surface area contributed by atoms with Crippen molar-refractivity contribution in [2.24, 2.45) is 17.8 Å². The first kappa shape index (κ1) is 11.5. The number of carbonyl (C=O) groups is 1. The van der Waals surface area contributed by atoms with Crippen LogP contribution in [0.1, 0.15) is 40.0 Å². The summed E-state index contributed by atoms with van der Waals surface area (Å²) in [6.07, 6.45) is 5.92. The van der Waals surface area contributed by atoms with E-state index in [9.17, 15) is 4.79 Å². The molecule has 3 heteroatoms. The van der Waals surface area contributed by atoms with E-state index in [4.69, 9.17) is 9.47 Å². The molecule has 0 aromatic rings. The van der Waals surface area contributed by atoms with Gasteiger partial charge in [0.25, 0.3) is 5.79 Å². The van der Waals surface area contributed by atoms with Crippen LogP contribution in [0.4, 0.5) is 0 Å². The van der Waals surface area contributed by atoms with Crippen LogP contribution < -0.4 is 0 Å². The Morgan fingerprint density at radius 1 is 1.44 bits per heavy atom. The van der Waals surface area contributed by atoms with Gasteiger partial charge >= 0.3 is 5.97 Å². The fourth-order valence-electron chi connectivity index (χ4n) is 2.95. The highest BCUT2D eigenvalue weighted by molar-refractivity contribution is 5.82. The Kier molecular flexibility index (Phi) is 2.96. The van der Waals surface area contributed by atoms with Gasteiger partial charge in [-0.3, -0.25) is 0 Å². The Labute approximate surface area is 96.8 Å². The fourth-order valence-corrected chi connectivity index (χ4v) is 2.95. The first-order chi connectivity index (χ1) is 7.53. The van der Waals surface area contributed by atoms with Crippen molar-refractivity contribution in [1.29, 1.82) is 0 Å². The van der Waals surface area contributed by atoms with E-state index in [1.807, 2.05) is 0 Å². The summed E-state index contributed by atoms with van der Waals surface area (Å²) in [7, 11) is 0. The van der Waals surface area contributed by atoms with Gasteiger partial charge in [-0.05, 0) is 24.7 Å². The molecule has 0 N–H and O–H groups in total. The smallest absolute Gasteiger partial charge is 0.337 e. The molecule has 3 atom stereocenters. The fraction of sp³-hybridized carbons (Fsp3) is 0.769. The molecule has 1 aliphatic carbocycles. The number of esters is 1. The van der Waals surface area contributed by atoms with Crippen molar-refractivity contribution in [2.75, 3.05) is 0 Å². The predicted molar refractivity (Wildman–Crippen MR) is 60.4 cm³/mol. The molecule has 0 radical (unpaired) electrons. The SMILES string of the molecule is CC(C)[C@H]1CC[C@@H](C)C[C@]12OC=CC(=O)O2. The highest BCUT2D eigenvalue weighted by Gasteiger charge is 2.50. The number of hydrogen-bond acceptors (Lipinski definition) is 3. The number of rotatable bonds is 1. The second-order valence-electron chi connectivity index (χ2n) is 5.39. The molecule has 0 saturated heterocycles. The molecule has 16 heavy (non-hydrogen) atoms. The van der Waals surface area contributed by atoms with E-state index < -0.39 is 5.79 Å². The van der Waals surface area contributed by atoms with Crippen LogP contribution in [0, 0.1) is 17.8 Å². The second kappa shape index (κ2) is 4.11. The summed E-state index contributed by atoms with van der Waals surface area (Å²) < 4.78 is 11.2. The number of ether oxygens (including phenoxy) is 2. The molecule has 0 bridgehead atoms. The van der Waals surface area contributed by atoms with E-state index in [1.165, 1.54) is 18.8 Å². The van der Waals surface area contributed by atoms with Gasteiger partial charge in [-0.15, -0.1) is 0 Å². The van der Waals surface area contributed by atoms with Crippen LogP contribution >= 0.6 is 0 Å². The maximum Gasteiger partial charge on any atom is 0.337 e. The van der Waals surface area contributed by atoms with E-state index in [2.05, 4.69) is 20.8 Å². The maximum atomic E-state index is 11.4. The van der Waals surface area contributed by atoms with Crippen LogP contribution in [-0.4, -0.2) is 11.8 Å².